The maximum Gasteiger partial charge on any atom is 0.145 e. The molecule has 20 rings (SSSR count). The number of rotatable bonds is 11. The minimum atomic E-state index is 0.917. The molecule has 0 amide bonds. The van der Waals surface area contributed by atoms with Gasteiger partial charge in [0.25, 0.3) is 0 Å². The maximum absolute atomic E-state index is 6.49. The van der Waals surface area contributed by atoms with Crippen LogP contribution in [0.1, 0.15) is 0 Å². The molecule has 0 spiro atoms. The van der Waals surface area contributed by atoms with Gasteiger partial charge in [0.1, 0.15) is 11.2 Å². The molecule has 5 nitrogen and oxygen atoms in total. The van der Waals surface area contributed by atoms with Crippen molar-refractivity contribution >= 4 is 142 Å². The van der Waals surface area contributed by atoms with Crippen molar-refractivity contribution in [2.45, 2.75) is 0 Å². The lowest BCUT2D eigenvalue weighted by Gasteiger charge is -2.26. The molecule has 0 N–H and O–H groups in total. The molecule has 0 aliphatic heterocycles. The largest absolute Gasteiger partial charge is 0.455 e. The minimum absolute atomic E-state index is 0.917. The summed E-state index contributed by atoms with van der Waals surface area (Å²) in [6.07, 6.45) is 0. The third-order valence-electron chi connectivity index (χ3n) is 19.8. The first-order valence-electron chi connectivity index (χ1n) is 34.0. The number of hydrogen-bond donors (Lipinski definition) is 0. The first-order chi connectivity index (χ1) is 49.6. The van der Waals surface area contributed by atoms with Gasteiger partial charge in [0, 0.05) is 92.6 Å². The monoisotopic (exact) mass is 1290 g/mol. The van der Waals surface area contributed by atoms with E-state index in [-0.39, 0.29) is 0 Å². The molecule has 0 aliphatic carbocycles. The van der Waals surface area contributed by atoms with E-state index in [1.165, 1.54) is 91.5 Å². The van der Waals surface area contributed by atoms with Gasteiger partial charge in [-0.3, -0.25) is 0 Å². The van der Waals surface area contributed by atoms with E-state index in [4.69, 9.17) is 4.42 Å². The lowest BCUT2D eigenvalue weighted by Crippen LogP contribution is -2.09. The molecule has 0 unspecified atom stereocenters. The van der Waals surface area contributed by atoms with Crippen LogP contribution in [0, 0.1) is 0 Å². The molecule has 0 saturated carbocycles. The number of thiophene rings is 1. The summed E-state index contributed by atoms with van der Waals surface area (Å²) in [5.74, 6) is 0. The van der Waals surface area contributed by atoms with Crippen LogP contribution in [0.25, 0.3) is 141 Å². The van der Waals surface area contributed by atoms with Crippen LogP contribution in [0.5, 0.6) is 0 Å². The van der Waals surface area contributed by atoms with E-state index in [0.717, 1.165) is 83.9 Å². The van der Waals surface area contributed by atoms with Crippen molar-refractivity contribution in [2.24, 2.45) is 0 Å². The van der Waals surface area contributed by atoms with Gasteiger partial charge in [-0.05, 0) is 190 Å². The molecular weight excluding hydrogens is 1230 g/mol. The lowest BCUT2D eigenvalue weighted by molar-refractivity contribution is 0.673. The molecule has 0 aliphatic rings. The molecule has 100 heavy (non-hydrogen) atoms. The number of aromatic nitrogens is 2. The Balaban J connectivity index is 0.000000142. The van der Waals surface area contributed by atoms with Crippen LogP contribution in [0.15, 0.2) is 381 Å². The molecule has 0 saturated heterocycles. The second kappa shape index (κ2) is 24.6. The lowest BCUT2D eigenvalue weighted by atomic mass is 10.0. The summed E-state index contributed by atoms with van der Waals surface area (Å²) in [6.45, 7) is 0. The number of furan rings is 1. The SMILES string of the molecule is c1ccc(N(c2ccc(-c3ccc(-n4c5ccccc5c5c6sc7ccccc7c6ccc54)cc3)cc2)c2ccc(-c3ccc4ccccc4c3)cc2)cc1.c1ccc(N(c2ccccc2)c2ccc(-c3cccc(-n4c5ccccc5c5c6oc7ccccc7c6ccc54)c3)cc2)cc1. The topological polar surface area (TPSA) is 29.5 Å². The van der Waals surface area contributed by atoms with Crippen LogP contribution in [0.2, 0.25) is 0 Å². The van der Waals surface area contributed by atoms with E-state index in [0.29, 0.717) is 0 Å². The average molecular weight is 1300 g/mol. The highest BCUT2D eigenvalue weighted by atomic mass is 32.1. The minimum Gasteiger partial charge on any atom is -0.455 e. The second-order valence-electron chi connectivity index (χ2n) is 25.6. The summed E-state index contributed by atoms with van der Waals surface area (Å²) < 4.78 is 14.0. The summed E-state index contributed by atoms with van der Waals surface area (Å²) in [5.41, 5.74) is 22.8. The van der Waals surface area contributed by atoms with Gasteiger partial charge >= 0.3 is 0 Å². The van der Waals surface area contributed by atoms with Crippen molar-refractivity contribution in [3.05, 3.63) is 376 Å². The summed E-state index contributed by atoms with van der Waals surface area (Å²) in [6, 6.07) is 135. The number of anilines is 6. The number of hydrogen-bond acceptors (Lipinski definition) is 4. The van der Waals surface area contributed by atoms with Crippen molar-refractivity contribution in [3.8, 4) is 44.8 Å². The van der Waals surface area contributed by atoms with Crippen LogP contribution in [-0.2, 0) is 0 Å². The van der Waals surface area contributed by atoms with Gasteiger partial charge in [0.15, 0.2) is 0 Å². The number of fused-ring (bicyclic) bond motifs is 15. The predicted octanol–water partition coefficient (Wildman–Crippen LogP) is 26.9. The Morgan fingerprint density at radius 1 is 0.240 bits per heavy atom. The zero-order valence-electron chi connectivity index (χ0n) is 54.4. The molecule has 4 heterocycles. The van der Waals surface area contributed by atoms with Crippen LogP contribution in [0.3, 0.4) is 0 Å². The summed E-state index contributed by atoms with van der Waals surface area (Å²) in [5, 5.41) is 12.4. The van der Waals surface area contributed by atoms with E-state index in [2.05, 4.69) is 383 Å². The van der Waals surface area contributed by atoms with Gasteiger partial charge in [-0.1, -0.05) is 231 Å². The normalized spacial score (nSPS) is 11.6. The quantitative estimate of drug-likeness (QED) is 0.129. The summed E-state index contributed by atoms with van der Waals surface area (Å²) in [7, 11) is 0. The first kappa shape index (κ1) is 58.4. The van der Waals surface area contributed by atoms with Crippen molar-refractivity contribution in [2.75, 3.05) is 9.80 Å². The Kier molecular flexibility index (Phi) is 14.3. The van der Waals surface area contributed by atoms with E-state index >= 15 is 0 Å². The molecule has 0 radical (unpaired) electrons. The Morgan fingerprint density at radius 2 is 0.670 bits per heavy atom. The fourth-order valence-electron chi connectivity index (χ4n) is 15.1. The molecule has 0 atom stereocenters. The summed E-state index contributed by atoms with van der Waals surface area (Å²) >= 11 is 1.90. The van der Waals surface area contributed by atoms with Crippen molar-refractivity contribution < 1.29 is 4.42 Å². The van der Waals surface area contributed by atoms with Gasteiger partial charge in [0.2, 0.25) is 0 Å². The van der Waals surface area contributed by atoms with Crippen LogP contribution < -0.4 is 9.80 Å². The molecule has 0 fully saturated rings. The Labute approximate surface area is 582 Å². The highest BCUT2D eigenvalue weighted by molar-refractivity contribution is 7.26. The van der Waals surface area contributed by atoms with E-state index in [1.54, 1.807) is 0 Å². The maximum atomic E-state index is 6.49. The number of nitrogens with zero attached hydrogens (tertiary/aromatic N) is 4. The average Bonchev–Trinajstić information content (AvgIpc) is 1.57. The van der Waals surface area contributed by atoms with Crippen LogP contribution in [-0.4, -0.2) is 9.13 Å². The molecule has 6 heteroatoms. The van der Waals surface area contributed by atoms with E-state index < -0.39 is 0 Å². The van der Waals surface area contributed by atoms with Crippen molar-refractivity contribution in [3.63, 3.8) is 0 Å². The predicted molar refractivity (Wildman–Crippen MR) is 425 cm³/mol. The third-order valence-corrected chi connectivity index (χ3v) is 21.0. The number of para-hydroxylation sites is 6. The van der Waals surface area contributed by atoms with Crippen molar-refractivity contribution in [1.82, 2.24) is 9.13 Å². The van der Waals surface area contributed by atoms with Gasteiger partial charge in [0.05, 0.1) is 27.5 Å². The zero-order chi connectivity index (χ0) is 66.0. The smallest absolute Gasteiger partial charge is 0.145 e. The number of benzene rings is 16. The Morgan fingerprint density at radius 3 is 1.27 bits per heavy atom. The van der Waals surface area contributed by atoms with Crippen molar-refractivity contribution in [1.29, 1.82) is 0 Å². The highest BCUT2D eigenvalue weighted by Gasteiger charge is 2.22. The second-order valence-corrected chi connectivity index (χ2v) is 26.6. The van der Waals surface area contributed by atoms with Crippen LogP contribution >= 0.6 is 11.3 Å². The van der Waals surface area contributed by atoms with Gasteiger partial charge in [-0.2, -0.15) is 0 Å². The third kappa shape index (κ3) is 10.2. The molecule has 20 aromatic rings. The van der Waals surface area contributed by atoms with Crippen LogP contribution in [0.4, 0.5) is 34.1 Å². The highest BCUT2D eigenvalue weighted by Crippen LogP contribution is 2.46. The fraction of sp³-hybridized carbons (Fsp3) is 0. The first-order valence-corrected chi connectivity index (χ1v) is 34.9. The molecule has 16 aromatic carbocycles. The standard InChI is InChI=1S/C52H34N2S.C42H28N2O/c1-2-12-41(13-3-1)53(43-28-24-38(25-29-43)40-19-18-35-10-4-5-11-39(35)34-40)42-26-20-36(21-27-42)37-22-30-44(31-23-37)54-48-16-8-6-15-47(48)51-49(54)33-32-46-45-14-7-9-17-50(45)55-52(46)51;1-3-13-31(14-4-1)43(32-15-5-2-6-16-32)33-24-22-29(23-25-33)30-12-11-17-34(28-30)44-38-20-9-7-19-37(38)41-39(44)27-26-36-35-18-8-10-21-40(35)45-42(36)41/h1-34H;1-28H. The Hall–Kier alpha value is -13.0. The molecule has 4 aromatic heterocycles. The fourth-order valence-corrected chi connectivity index (χ4v) is 16.3. The molecule has 470 valence electrons. The molecule has 0 bridgehead atoms. The van der Waals surface area contributed by atoms with E-state index in [9.17, 15) is 0 Å². The molecular formula is C94H62N4OS. The van der Waals surface area contributed by atoms with Gasteiger partial charge in [-0.15, -0.1) is 11.3 Å². The van der Waals surface area contributed by atoms with Gasteiger partial charge < -0.3 is 23.4 Å². The zero-order valence-corrected chi connectivity index (χ0v) is 55.2. The summed E-state index contributed by atoms with van der Waals surface area (Å²) in [4.78, 5) is 4.62. The van der Waals surface area contributed by atoms with E-state index in [1.807, 2.05) is 23.5 Å². The Bertz CT molecular complexity index is 6390. The van der Waals surface area contributed by atoms with Gasteiger partial charge in [-0.25, -0.2) is 0 Å².